The first-order valence-electron chi connectivity index (χ1n) is 25.9. The zero-order valence-electron chi connectivity index (χ0n) is 38.7. The van der Waals surface area contributed by atoms with Crippen molar-refractivity contribution in [2.24, 2.45) is 5.41 Å². The third-order valence-electron chi connectivity index (χ3n) is 12.8. The molecule has 0 rings (SSSR count). The van der Waals surface area contributed by atoms with Gasteiger partial charge >= 0.3 is 0 Å². The zero-order valence-corrected chi connectivity index (χ0v) is 38.7. The van der Waals surface area contributed by atoms with Gasteiger partial charge in [0.15, 0.2) is 0 Å². The van der Waals surface area contributed by atoms with Crippen LogP contribution >= 0.6 is 0 Å². The molecule has 0 spiro atoms. The van der Waals surface area contributed by atoms with Crippen LogP contribution in [-0.4, -0.2) is 23.9 Å². The maximum Gasteiger partial charge on any atom is 0.228 e. The minimum atomic E-state index is -0.118. The Labute approximate surface area is 343 Å². The van der Waals surface area contributed by atoms with Crippen LogP contribution in [0, 0.1) is 5.41 Å². The van der Waals surface area contributed by atoms with Gasteiger partial charge in [0.1, 0.15) is 0 Å². The molecule has 0 aliphatic carbocycles. The Morgan fingerprint density at radius 1 is 0.278 bits per heavy atom. The van der Waals surface area contributed by atoms with Gasteiger partial charge in [-0.2, -0.15) is 0 Å². The van der Waals surface area contributed by atoms with E-state index in [2.05, 4.69) is 39.5 Å². The van der Waals surface area contributed by atoms with Crippen LogP contribution < -0.4 is 0 Å². The van der Waals surface area contributed by atoms with Gasteiger partial charge in [-0.1, -0.05) is 279 Å². The highest BCUT2D eigenvalue weighted by molar-refractivity contribution is 5.82. The summed E-state index contributed by atoms with van der Waals surface area (Å²) in [6.45, 7) is 13.6. The van der Waals surface area contributed by atoms with Crippen molar-refractivity contribution in [3.8, 4) is 0 Å². The minimum Gasteiger partial charge on any atom is -0.342 e. The summed E-state index contributed by atoms with van der Waals surface area (Å²) in [5.74, 6) is 0.599. The molecule has 0 aliphatic heterocycles. The largest absolute Gasteiger partial charge is 0.342 e. The number of carbonyl (C=O) groups excluding carboxylic acids is 1. The first kappa shape index (κ1) is 53.5. The normalized spacial score (nSPS) is 11.9. The topological polar surface area (TPSA) is 20.3 Å². The maximum absolute atomic E-state index is 15.3. The van der Waals surface area contributed by atoms with E-state index in [1.54, 1.807) is 0 Å². The van der Waals surface area contributed by atoms with Crippen LogP contribution in [0.5, 0.6) is 0 Å². The predicted octanol–water partition coefficient (Wildman–Crippen LogP) is 18.7. The van der Waals surface area contributed by atoms with E-state index in [9.17, 15) is 0 Å². The van der Waals surface area contributed by atoms with Crippen molar-refractivity contribution in [3.63, 3.8) is 0 Å². The molecule has 2 nitrogen and oxygen atoms in total. The fourth-order valence-corrected chi connectivity index (χ4v) is 9.01. The van der Waals surface area contributed by atoms with E-state index in [-0.39, 0.29) is 5.41 Å². The second-order valence-corrected chi connectivity index (χ2v) is 18.2. The lowest BCUT2D eigenvalue weighted by atomic mass is 9.72. The van der Waals surface area contributed by atoms with E-state index in [1.807, 2.05) is 0 Å². The second-order valence-electron chi connectivity index (χ2n) is 18.2. The summed E-state index contributed by atoms with van der Waals surface area (Å²) in [5, 5.41) is 0. The third kappa shape index (κ3) is 33.6. The standard InChI is InChI=1S/C52H105NO/c1-6-11-16-21-26-31-36-41-46-52(47-42-37-32-27-22-17-12-7-2,48-43-38-33-28-23-18-13-8-3)51(54)53(49-44-39-34-29-24-19-14-9-4)50-45-40-35-30-25-20-15-10-5/h6-50H2,1-5H3. The van der Waals surface area contributed by atoms with E-state index in [1.165, 1.54) is 257 Å². The van der Waals surface area contributed by atoms with Crippen molar-refractivity contribution in [1.29, 1.82) is 0 Å². The molecular weight excluding hydrogens is 655 g/mol. The summed E-state index contributed by atoms with van der Waals surface area (Å²) < 4.78 is 0. The molecule has 0 fully saturated rings. The monoisotopic (exact) mass is 760 g/mol. The molecule has 0 N–H and O–H groups in total. The first-order valence-corrected chi connectivity index (χ1v) is 25.9. The third-order valence-corrected chi connectivity index (χ3v) is 12.8. The molecule has 54 heavy (non-hydrogen) atoms. The van der Waals surface area contributed by atoms with E-state index < -0.39 is 0 Å². The molecular formula is C52H105NO. The van der Waals surface area contributed by atoms with E-state index >= 15 is 4.79 Å². The fourth-order valence-electron chi connectivity index (χ4n) is 9.01. The molecule has 0 saturated carbocycles. The van der Waals surface area contributed by atoms with E-state index in [0.717, 1.165) is 32.4 Å². The minimum absolute atomic E-state index is 0.118. The van der Waals surface area contributed by atoms with E-state index in [0.29, 0.717) is 5.91 Å². The predicted molar refractivity (Wildman–Crippen MR) is 246 cm³/mol. The molecule has 324 valence electrons. The van der Waals surface area contributed by atoms with Gasteiger partial charge in [-0.3, -0.25) is 4.79 Å². The molecule has 0 heterocycles. The Morgan fingerprint density at radius 2 is 0.463 bits per heavy atom. The van der Waals surface area contributed by atoms with Gasteiger partial charge in [0.25, 0.3) is 0 Å². The van der Waals surface area contributed by atoms with Crippen LogP contribution in [0.4, 0.5) is 0 Å². The smallest absolute Gasteiger partial charge is 0.228 e. The average molecular weight is 760 g/mol. The summed E-state index contributed by atoms with van der Waals surface area (Å²) in [5.41, 5.74) is -0.118. The van der Waals surface area contributed by atoms with Gasteiger partial charge in [-0.25, -0.2) is 0 Å². The zero-order chi connectivity index (χ0) is 39.5. The Bertz CT molecular complexity index is 647. The number of nitrogens with zero attached hydrogens (tertiary/aromatic N) is 1. The van der Waals surface area contributed by atoms with Crippen LogP contribution in [0.1, 0.15) is 311 Å². The summed E-state index contributed by atoms with van der Waals surface area (Å²) in [6, 6.07) is 0. The molecule has 0 aromatic carbocycles. The summed E-state index contributed by atoms with van der Waals surface area (Å²) >= 11 is 0. The Hall–Kier alpha value is -0.530. The molecule has 0 aliphatic rings. The van der Waals surface area contributed by atoms with E-state index in [4.69, 9.17) is 0 Å². The Morgan fingerprint density at radius 3 is 0.685 bits per heavy atom. The molecule has 0 atom stereocenters. The highest BCUT2D eigenvalue weighted by atomic mass is 16.2. The number of amides is 1. The summed E-state index contributed by atoms with van der Waals surface area (Å²) in [7, 11) is 0. The van der Waals surface area contributed by atoms with Crippen molar-refractivity contribution < 1.29 is 4.79 Å². The van der Waals surface area contributed by atoms with Crippen LogP contribution in [0.25, 0.3) is 0 Å². The van der Waals surface area contributed by atoms with Crippen molar-refractivity contribution in [2.45, 2.75) is 311 Å². The highest BCUT2D eigenvalue weighted by Crippen LogP contribution is 2.40. The maximum atomic E-state index is 15.3. The van der Waals surface area contributed by atoms with Crippen molar-refractivity contribution in [2.75, 3.05) is 13.1 Å². The van der Waals surface area contributed by atoms with Gasteiger partial charge < -0.3 is 4.90 Å². The van der Waals surface area contributed by atoms with Crippen molar-refractivity contribution in [3.05, 3.63) is 0 Å². The van der Waals surface area contributed by atoms with Crippen LogP contribution in [0.15, 0.2) is 0 Å². The fraction of sp³-hybridized carbons (Fsp3) is 0.981. The molecule has 0 aromatic rings. The molecule has 0 saturated heterocycles. The number of unbranched alkanes of at least 4 members (excludes halogenated alkanes) is 35. The molecule has 0 radical (unpaired) electrons. The molecule has 1 amide bonds. The van der Waals surface area contributed by atoms with Crippen LogP contribution in [0.3, 0.4) is 0 Å². The Kier molecular flexibility index (Phi) is 43.2. The van der Waals surface area contributed by atoms with Crippen molar-refractivity contribution >= 4 is 5.91 Å². The molecule has 0 bridgehead atoms. The second kappa shape index (κ2) is 43.6. The number of carbonyl (C=O) groups is 1. The molecule has 2 heteroatoms. The quantitative estimate of drug-likeness (QED) is 0.0566. The average Bonchev–Trinajstić information content (AvgIpc) is 3.18. The van der Waals surface area contributed by atoms with Crippen LogP contribution in [-0.2, 0) is 4.79 Å². The summed E-state index contributed by atoms with van der Waals surface area (Å²) in [4.78, 5) is 17.7. The number of rotatable bonds is 46. The van der Waals surface area contributed by atoms with Gasteiger partial charge in [0.05, 0.1) is 0 Å². The lowest BCUT2D eigenvalue weighted by Crippen LogP contribution is -2.45. The Balaban J connectivity index is 5.82. The van der Waals surface area contributed by atoms with Gasteiger partial charge in [-0.05, 0) is 32.1 Å². The summed E-state index contributed by atoms with van der Waals surface area (Å²) in [6.07, 6.45) is 57.6. The lowest BCUT2D eigenvalue weighted by Gasteiger charge is -2.38. The first-order chi connectivity index (χ1) is 26.6. The molecule has 0 aromatic heterocycles. The van der Waals surface area contributed by atoms with Gasteiger partial charge in [0, 0.05) is 18.5 Å². The van der Waals surface area contributed by atoms with Crippen molar-refractivity contribution in [1.82, 2.24) is 4.90 Å². The number of hydrogen-bond donors (Lipinski definition) is 0. The highest BCUT2D eigenvalue weighted by Gasteiger charge is 2.39. The SMILES string of the molecule is CCCCCCCCCCN(CCCCCCCCCC)C(=O)C(CCCCCCCCCC)(CCCCCCCCCC)CCCCCCCCCC. The number of hydrogen-bond acceptors (Lipinski definition) is 1. The molecule has 0 unspecified atom stereocenters. The lowest BCUT2D eigenvalue weighted by molar-refractivity contribution is -0.144. The van der Waals surface area contributed by atoms with Gasteiger partial charge in [-0.15, -0.1) is 0 Å². The van der Waals surface area contributed by atoms with Gasteiger partial charge in [0.2, 0.25) is 5.91 Å². The van der Waals surface area contributed by atoms with Crippen LogP contribution in [0.2, 0.25) is 0 Å².